The van der Waals surface area contributed by atoms with Gasteiger partial charge in [-0.3, -0.25) is 19.7 Å². The number of barbiturate groups is 1. The molecule has 11 heteroatoms. The molecule has 3 aromatic rings. The number of hydrogen-bond donors (Lipinski definition) is 2. The van der Waals surface area contributed by atoms with Gasteiger partial charge in [-0.1, -0.05) is 47.5 Å². The lowest BCUT2D eigenvalue weighted by Crippen LogP contribution is -2.54. The predicted octanol–water partition coefficient (Wildman–Crippen LogP) is 4.99. The molecule has 0 unspecified atom stereocenters. The largest absolute Gasteiger partial charge is 0.493 e. The molecular formula is C27H21Cl2N3O6. The summed E-state index contributed by atoms with van der Waals surface area (Å²) in [5.41, 5.74) is 1.87. The van der Waals surface area contributed by atoms with E-state index < -0.39 is 17.8 Å². The fraction of sp³-hybridized carbons (Fsp3) is 0.111. The van der Waals surface area contributed by atoms with E-state index >= 15 is 0 Å². The molecule has 0 aliphatic carbocycles. The van der Waals surface area contributed by atoms with Crippen LogP contribution in [0.1, 0.15) is 11.1 Å². The van der Waals surface area contributed by atoms with E-state index in [4.69, 9.17) is 32.7 Å². The van der Waals surface area contributed by atoms with Gasteiger partial charge in [0, 0.05) is 5.69 Å². The third-order valence-electron chi connectivity index (χ3n) is 5.54. The first-order chi connectivity index (χ1) is 18.2. The van der Waals surface area contributed by atoms with Crippen LogP contribution in [0.25, 0.3) is 6.08 Å². The smallest absolute Gasteiger partial charge is 0.335 e. The highest BCUT2D eigenvalue weighted by molar-refractivity contribution is 6.43. The maximum absolute atomic E-state index is 13.1. The number of urea groups is 1. The van der Waals surface area contributed by atoms with Gasteiger partial charge in [-0.05, 0) is 60.5 Å². The minimum atomic E-state index is -0.916. The molecule has 4 rings (SSSR count). The Bertz CT molecular complexity index is 1490. The zero-order chi connectivity index (χ0) is 27.4. The quantitative estimate of drug-likeness (QED) is 0.314. The Morgan fingerprint density at radius 1 is 1.00 bits per heavy atom. The minimum absolute atomic E-state index is 0.139. The van der Waals surface area contributed by atoms with Crippen molar-refractivity contribution in [3.8, 4) is 11.5 Å². The Morgan fingerprint density at radius 2 is 1.76 bits per heavy atom. The van der Waals surface area contributed by atoms with Crippen LogP contribution in [0.2, 0.25) is 10.0 Å². The highest BCUT2D eigenvalue weighted by Crippen LogP contribution is 2.31. The third-order valence-corrected chi connectivity index (χ3v) is 6.28. The summed E-state index contributed by atoms with van der Waals surface area (Å²) in [6.45, 7) is 1.61. The molecule has 0 aromatic heterocycles. The van der Waals surface area contributed by atoms with E-state index in [9.17, 15) is 19.2 Å². The van der Waals surface area contributed by atoms with Crippen molar-refractivity contribution in [3.63, 3.8) is 0 Å². The molecule has 0 atom stereocenters. The van der Waals surface area contributed by atoms with Gasteiger partial charge in [0.15, 0.2) is 18.1 Å². The van der Waals surface area contributed by atoms with E-state index in [1.807, 2.05) is 25.1 Å². The van der Waals surface area contributed by atoms with Gasteiger partial charge in [0.25, 0.3) is 17.7 Å². The summed E-state index contributed by atoms with van der Waals surface area (Å²) in [5, 5.41) is 5.30. The Labute approximate surface area is 227 Å². The number of nitrogens with zero attached hydrogens (tertiary/aromatic N) is 1. The summed E-state index contributed by atoms with van der Waals surface area (Å²) in [6, 6.07) is 15.3. The number of halogens is 2. The maximum Gasteiger partial charge on any atom is 0.335 e. The molecule has 0 radical (unpaired) electrons. The van der Waals surface area contributed by atoms with Crippen molar-refractivity contribution in [1.29, 1.82) is 0 Å². The number of carbonyl (C=O) groups is 4. The molecule has 3 aromatic carbocycles. The number of nitrogens with one attached hydrogen (secondary N) is 2. The Hall–Kier alpha value is -4.34. The lowest BCUT2D eigenvalue weighted by molar-refractivity contribution is -0.122. The van der Waals surface area contributed by atoms with Gasteiger partial charge < -0.3 is 14.8 Å². The van der Waals surface area contributed by atoms with Gasteiger partial charge in [-0.15, -0.1) is 0 Å². The van der Waals surface area contributed by atoms with Crippen LogP contribution in [0.3, 0.4) is 0 Å². The zero-order valence-corrected chi connectivity index (χ0v) is 21.7. The second-order valence-electron chi connectivity index (χ2n) is 8.12. The Morgan fingerprint density at radius 3 is 2.47 bits per heavy atom. The number of para-hydroxylation sites is 1. The Balaban J connectivity index is 1.53. The van der Waals surface area contributed by atoms with E-state index in [0.29, 0.717) is 11.3 Å². The van der Waals surface area contributed by atoms with Crippen LogP contribution in [0.5, 0.6) is 11.5 Å². The number of amides is 5. The monoisotopic (exact) mass is 553 g/mol. The van der Waals surface area contributed by atoms with Gasteiger partial charge in [-0.25, -0.2) is 9.69 Å². The molecule has 0 bridgehead atoms. The number of rotatable bonds is 7. The lowest BCUT2D eigenvalue weighted by atomic mass is 10.1. The number of ether oxygens (including phenoxy) is 2. The summed E-state index contributed by atoms with van der Waals surface area (Å²) < 4.78 is 11.0. The van der Waals surface area contributed by atoms with Crippen LogP contribution >= 0.6 is 23.2 Å². The van der Waals surface area contributed by atoms with Crippen LogP contribution in [-0.4, -0.2) is 37.5 Å². The number of carbonyl (C=O) groups excluding carboxylic acids is 4. The molecule has 1 saturated heterocycles. The molecule has 1 heterocycles. The van der Waals surface area contributed by atoms with E-state index in [1.165, 1.54) is 37.5 Å². The first kappa shape index (κ1) is 26.7. The van der Waals surface area contributed by atoms with Gasteiger partial charge >= 0.3 is 6.03 Å². The van der Waals surface area contributed by atoms with E-state index in [-0.39, 0.29) is 45.3 Å². The number of hydrogen-bond acceptors (Lipinski definition) is 6. The minimum Gasteiger partial charge on any atom is -0.493 e. The SMILES string of the molecule is COc1cc(/C=C2/C(=O)NC(=O)N(c3ccc(Cl)c(Cl)c3)C2=O)ccc1OCC(=O)Nc1ccccc1C. The summed E-state index contributed by atoms with van der Waals surface area (Å²) in [4.78, 5) is 51.2. The molecule has 5 amide bonds. The van der Waals surface area contributed by atoms with Crippen molar-refractivity contribution < 1.29 is 28.7 Å². The summed E-state index contributed by atoms with van der Waals surface area (Å²) in [6.07, 6.45) is 1.31. The molecule has 1 aliphatic heterocycles. The van der Waals surface area contributed by atoms with Crippen molar-refractivity contribution >= 4 is 64.4 Å². The van der Waals surface area contributed by atoms with Gasteiger partial charge in [0.2, 0.25) is 0 Å². The first-order valence-electron chi connectivity index (χ1n) is 11.2. The summed E-state index contributed by atoms with van der Waals surface area (Å²) in [5.74, 6) is -1.51. The van der Waals surface area contributed by atoms with Crippen LogP contribution in [0.4, 0.5) is 16.2 Å². The molecule has 0 spiro atoms. The zero-order valence-electron chi connectivity index (χ0n) is 20.2. The highest BCUT2D eigenvalue weighted by Gasteiger charge is 2.37. The number of anilines is 2. The standard InChI is InChI=1S/C27H21Cl2N3O6/c1-15-5-3-4-6-21(15)30-24(33)14-38-22-10-7-16(12-23(22)37-2)11-18-25(34)31-27(36)32(26(18)35)17-8-9-19(28)20(29)13-17/h3-13H,14H2,1-2H3,(H,30,33)(H,31,34,36)/b18-11-. The fourth-order valence-corrected chi connectivity index (χ4v) is 3.91. The van der Waals surface area contributed by atoms with E-state index in [1.54, 1.807) is 18.2 Å². The average Bonchev–Trinajstić information content (AvgIpc) is 2.89. The van der Waals surface area contributed by atoms with E-state index in [2.05, 4.69) is 10.6 Å². The molecular weight excluding hydrogens is 533 g/mol. The lowest BCUT2D eigenvalue weighted by Gasteiger charge is -2.26. The summed E-state index contributed by atoms with van der Waals surface area (Å²) >= 11 is 12.0. The number of methoxy groups -OCH3 is 1. The molecule has 1 fully saturated rings. The molecule has 2 N–H and O–H groups in total. The van der Waals surface area contributed by atoms with Crippen LogP contribution < -0.4 is 25.0 Å². The van der Waals surface area contributed by atoms with Gasteiger partial charge in [-0.2, -0.15) is 0 Å². The molecule has 9 nitrogen and oxygen atoms in total. The predicted molar refractivity (Wildman–Crippen MR) is 144 cm³/mol. The third kappa shape index (κ3) is 5.80. The summed E-state index contributed by atoms with van der Waals surface area (Å²) in [7, 11) is 1.41. The topological polar surface area (TPSA) is 114 Å². The second kappa shape index (κ2) is 11.4. The number of benzene rings is 3. The number of aryl methyl sites for hydroxylation is 1. The second-order valence-corrected chi connectivity index (χ2v) is 8.93. The molecule has 1 aliphatic rings. The number of imide groups is 2. The van der Waals surface area contributed by atoms with Crippen LogP contribution in [0.15, 0.2) is 66.2 Å². The first-order valence-corrected chi connectivity index (χ1v) is 12.0. The maximum atomic E-state index is 13.1. The normalized spacial score (nSPS) is 14.4. The van der Waals surface area contributed by atoms with Gasteiger partial charge in [0.1, 0.15) is 5.57 Å². The molecule has 0 saturated carbocycles. The van der Waals surface area contributed by atoms with Crippen molar-refractivity contribution in [2.75, 3.05) is 23.9 Å². The van der Waals surface area contributed by atoms with Crippen LogP contribution in [-0.2, 0) is 14.4 Å². The van der Waals surface area contributed by atoms with Crippen molar-refractivity contribution in [2.45, 2.75) is 6.92 Å². The van der Waals surface area contributed by atoms with Crippen molar-refractivity contribution in [2.24, 2.45) is 0 Å². The fourth-order valence-electron chi connectivity index (χ4n) is 3.62. The average molecular weight is 554 g/mol. The van der Waals surface area contributed by atoms with Crippen molar-refractivity contribution in [3.05, 3.63) is 87.4 Å². The molecule has 194 valence electrons. The van der Waals surface area contributed by atoms with Gasteiger partial charge in [0.05, 0.1) is 22.8 Å². The Kier molecular flexibility index (Phi) is 7.99. The van der Waals surface area contributed by atoms with Crippen molar-refractivity contribution in [1.82, 2.24) is 5.32 Å². The van der Waals surface area contributed by atoms with E-state index in [0.717, 1.165) is 10.5 Å². The highest BCUT2D eigenvalue weighted by atomic mass is 35.5. The molecule has 38 heavy (non-hydrogen) atoms. The van der Waals surface area contributed by atoms with Crippen LogP contribution in [0, 0.1) is 6.92 Å².